The summed E-state index contributed by atoms with van der Waals surface area (Å²) in [5.41, 5.74) is 2.71. The molecule has 0 fully saturated rings. The summed E-state index contributed by atoms with van der Waals surface area (Å²) < 4.78 is 17.0. The lowest BCUT2D eigenvalue weighted by molar-refractivity contribution is 0.143. The lowest BCUT2D eigenvalue weighted by Crippen LogP contribution is -2.27. The SMILES string of the molecule is CC(NC(O[PH](=O)O)c1cc(C(C)(C)C)c(O)c(C(C)(C)C)c1)c1ccccc1.CCCC. The molecule has 0 saturated carbocycles. The number of phenolic OH excluding ortho intramolecular Hbond substituents is 1. The van der Waals surface area contributed by atoms with Crippen LogP contribution in [0.5, 0.6) is 5.75 Å². The molecule has 0 bridgehead atoms. The number of phenols is 1. The van der Waals surface area contributed by atoms with E-state index in [2.05, 4.69) is 19.2 Å². The summed E-state index contributed by atoms with van der Waals surface area (Å²) >= 11 is 0. The van der Waals surface area contributed by atoms with E-state index in [0.717, 1.165) is 16.7 Å². The summed E-state index contributed by atoms with van der Waals surface area (Å²) in [5.74, 6) is 0.264. The minimum atomic E-state index is -3.19. The van der Waals surface area contributed by atoms with Crippen LogP contribution in [0.1, 0.15) is 110 Å². The minimum absolute atomic E-state index is 0.104. The maximum atomic E-state index is 11.6. The van der Waals surface area contributed by atoms with Gasteiger partial charge in [0.15, 0.2) is 0 Å². The van der Waals surface area contributed by atoms with Crippen LogP contribution in [0.25, 0.3) is 0 Å². The van der Waals surface area contributed by atoms with Crippen LogP contribution in [0.4, 0.5) is 0 Å². The van der Waals surface area contributed by atoms with Crippen LogP contribution in [-0.2, 0) is 19.9 Å². The molecule has 0 heterocycles. The third-order valence-electron chi connectivity index (χ3n) is 5.47. The van der Waals surface area contributed by atoms with Gasteiger partial charge in [-0.25, -0.2) is 0 Å². The van der Waals surface area contributed by atoms with Gasteiger partial charge in [0.25, 0.3) is 0 Å². The number of hydrogen-bond acceptors (Lipinski definition) is 4. The zero-order valence-corrected chi connectivity index (χ0v) is 22.8. The third kappa shape index (κ3) is 9.25. The first kappa shape index (κ1) is 29.4. The fourth-order valence-corrected chi connectivity index (χ4v) is 3.72. The van der Waals surface area contributed by atoms with Crippen molar-refractivity contribution in [3.8, 4) is 5.75 Å². The Kier molecular flexibility index (Phi) is 11.3. The highest BCUT2D eigenvalue weighted by Crippen LogP contribution is 2.42. The Morgan fingerprint density at radius 2 is 1.36 bits per heavy atom. The van der Waals surface area contributed by atoms with Crippen molar-refractivity contribution in [2.24, 2.45) is 0 Å². The molecule has 3 atom stereocenters. The zero-order chi connectivity index (χ0) is 25.4. The molecule has 6 heteroatoms. The molecule has 0 spiro atoms. The quantitative estimate of drug-likeness (QED) is 0.283. The van der Waals surface area contributed by atoms with E-state index in [1.807, 2.05) is 90.9 Å². The first-order valence-electron chi connectivity index (χ1n) is 11.8. The Morgan fingerprint density at radius 1 is 0.909 bits per heavy atom. The fraction of sp³-hybridized carbons (Fsp3) is 0.556. The second-order valence-corrected chi connectivity index (χ2v) is 11.3. The molecule has 0 saturated heterocycles. The van der Waals surface area contributed by atoms with Crippen LogP contribution in [-0.4, -0.2) is 10.00 Å². The monoisotopic (exact) mass is 477 g/mol. The van der Waals surface area contributed by atoms with E-state index in [1.165, 1.54) is 12.8 Å². The first-order valence-corrected chi connectivity index (χ1v) is 13.1. The van der Waals surface area contributed by atoms with Crippen molar-refractivity contribution in [2.75, 3.05) is 0 Å². The molecule has 33 heavy (non-hydrogen) atoms. The Balaban J connectivity index is 0.00000125. The summed E-state index contributed by atoms with van der Waals surface area (Å²) in [6, 6.07) is 13.5. The average molecular weight is 478 g/mol. The van der Waals surface area contributed by atoms with Crippen molar-refractivity contribution >= 4 is 8.25 Å². The summed E-state index contributed by atoms with van der Waals surface area (Å²) in [4.78, 5) is 9.52. The van der Waals surface area contributed by atoms with E-state index in [9.17, 15) is 14.6 Å². The molecule has 0 aliphatic heterocycles. The van der Waals surface area contributed by atoms with Crippen molar-refractivity contribution in [1.29, 1.82) is 0 Å². The van der Waals surface area contributed by atoms with Crippen LogP contribution in [0, 0.1) is 0 Å². The van der Waals surface area contributed by atoms with Crippen molar-refractivity contribution < 1.29 is 19.1 Å². The van der Waals surface area contributed by atoms with Crippen LogP contribution in [0.2, 0.25) is 0 Å². The molecule has 0 amide bonds. The van der Waals surface area contributed by atoms with Gasteiger partial charge < -0.3 is 10.00 Å². The van der Waals surface area contributed by atoms with Crippen LogP contribution in [0.15, 0.2) is 42.5 Å². The lowest BCUT2D eigenvalue weighted by atomic mass is 9.78. The van der Waals surface area contributed by atoms with Gasteiger partial charge in [-0.2, -0.15) is 0 Å². The molecule has 3 unspecified atom stereocenters. The largest absolute Gasteiger partial charge is 0.507 e. The van der Waals surface area contributed by atoms with E-state index >= 15 is 0 Å². The Hall–Kier alpha value is -1.65. The second-order valence-electron chi connectivity index (χ2n) is 10.5. The van der Waals surface area contributed by atoms with Gasteiger partial charge in [-0.15, -0.1) is 0 Å². The molecule has 0 aliphatic carbocycles. The number of rotatable bonds is 7. The smallest absolute Gasteiger partial charge is 0.318 e. The normalized spacial score (nSPS) is 14.7. The summed E-state index contributed by atoms with van der Waals surface area (Å²) in [5, 5.41) is 14.3. The lowest BCUT2D eigenvalue weighted by Gasteiger charge is -2.30. The maximum Gasteiger partial charge on any atom is 0.318 e. The maximum absolute atomic E-state index is 11.6. The Morgan fingerprint density at radius 3 is 1.73 bits per heavy atom. The van der Waals surface area contributed by atoms with Gasteiger partial charge in [0.1, 0.15) is 12.0 Å². The number of aromatic hydroxyl groups is 1. The number of benzene rings is 2. The van der Waals surface area contributed by atoms with E-state index in [-0.39, 0.29) is 22.6 Å². The van der Waals surface area contributed by atoms with Crippen LogP contribution >= 0.6 is 8.25 Å². The molecule has 0 radical (unpaired) electrons. The number of unbranched alkanes of at least 4 members (excludes halogenated alkanes) is 1. The Labute approximate surface area is 201 Å². The fourth-order valence-electron chi connectivity index (χ4n) is 3.32. The van der Waals surface area contributed by atoms with E-state index in [0.29, 0.717) is 5.56 Å². The number of hydrogen-bond donors (Lipinski definition) is 3. The summed E-state index contributed by atoms with van der Waals surface area (Å²) in [6.45, 7) is 18.5. The molecular formula is C27H44NO4P. The minimum Gasteiger partial charge on any atom is -0.507 e. The van der Waals surface area contributed by atoms with Crippen LogP contribution in [0.3, 0.4) is 0 Å². The highest BCUT2D eigenvalue weighted by atomic mass is 31.1. The molecule has 0 aromatic heterocycles. The zero-order valence-electron chi connectivity index (χ0n) is 21.8. The van der Waals surface area contributed by atoms with Crippen molar-refractivity contribution in [3.05, 3.63) is 64.7 Å². The first-order chi connectivity index (χ1) is 15.2. The highest BCUT2D eigenvalue weighted by Gasteiger charge is 2.29. The van der Waals surface area contributed by atoms with Gasteiger partial charge in [-0.05, 0) is 52.1 Å². The number of nitrogens with one attached hydrogen (secondary N) is 1. The van der Waals surface area contributed by atoms with Crippen LogP contribution < -0.4 is 5.32 Å². The molecule has 5 nitrogen and oxygen atoms in total. The summed E-state index contributed by atoms with van der Waals surface area (Å²) in [7, 11) is -3.19. The predicted molar refractivity (Wildman–Crippen MR) is 139 cm³/mol. The molecular weight excluding hydrogens is 433 g/mol. The second kappa shape index (κ2) is 12.7. The van der Waals surface area contributed by atoms with Crippen molar-refractivity contribution in [1.82, 2.24) is 5.32 Å². The average Bonchev–Trinajstić information content (AvgIpc) is 2.72. The van der Waals surface area contributed by atoms with Gasteiger partial charge in [0.05, 0.1) is 0 Å². The van der Waals surface area contributed by atoms with Gasteiger partial charge in [0.2, 0.25) is 0 Å². The summed E-state index contributed by atoms with van der Waals surface area (Å²) in [6.07, 6.45) is 1.85. The van der Waals surface area contributed by atoms with Gasteiger partial charge in [-0.3, -0.25) is 14.4 Å². The van der Waals surface area contributed by atoms with Gasteiger partial charge >= 0.3 is 8.25 Å². The van der Waals surface area contributed by atoms with Gasteiger partial charge in [0, 0.05) is 6.04 Å². The standard InChI is InChI=1S/C23H34NO4P.C4H10/c1-15(16-11-9-8-10-12-16)24-21(28-29(26)27)17-13-18(22(2,3)4)20(25)19(14-17)23(5,6)7;1-3-4-2/h8-15,21,24-25,29H,1-7H3,(H,26,27);3-4H2,1-2H3. The molecule has 186 valence electrons. The molecule has 2 aromatic carbocycles. The molecule has 2 aromatic rings. The van der Waals surface area contributed by atoms with Gasteiger partial charge in [-0.1, -0.05) is 98.6 Å². The molecule has 2 rings (SSSR count). The highest BCUT2D eigenvalue weighted by molar-refractivity contribution is 7.32. The predicted octanol–water partition coefficient (Wildman–Crippen LogP) is 7.54. The third-order valence-corrected chi connectivity index (χ3v) is 5.91. The van der Waals surface area contributed by atoms with E-state index < -0.39 is 14.5 Å². The van der Waals surface area contributed by atoms with Crippen molar-refractivity contribution in [2.45, 2.75) is 98.3 Å². The molecule has 3 N–H and O–H groups in total. The van der Waals surface area contributed by atoms with Crippen molar-refractivity contribution in [3.63, 3.8) is 0 Å². The Bertz CT molecular complexity index is 848. The topological polar surface area (TPSA) is 78.8 Å². The molecule has 0 aliphatic rings. The van der Waals surface area contributed by atoms with E-state index in [4.69, 9.17) is 4.52 Å². The van der Waals surface area contributed by atoms with E-state index in [1.54, 1.807) is 0 Å².